The van der Waals surface area contributed by atoms with E-state index in [4.69, 9.17) is 9.47 Å². The third-order valence-electron chi connectivity index (χ3n) is 5.04. The summed E-state index contributed by atoms with van der Waals surface area (Å²) in [4.78, 5) is 37.9. The average molecular weight is 422 g/mol. The molecule has 0 radical (unpaired) electrons. The minimum absolute atomic E-state index is 0.0212. The van der Waals surface area contributed by atoms with Gasteiger partial charge >= 0.3 is 5.97 Å². The molecule has 162 valence electrons. The molecule has 1 aliphatic rings. The van der Waals surface area contributed by atoms with E-state index in [0.717, 1.165) is 5.56 Å². The number of piperidine rings is 1. The number of amides is 2. The zero-order valence-electron chi connectivity index (χ0n) is 17.7. The van der Waals surface area contributed by atoms with E-state index >= 15 is 0 Å². The second-order valence-electron chi connectivity index (χ2n) is 7.27. The van der Waals surface area contributed by atoms with Crippen molar-refractivity contribution < 1.29 is 23.9 Å². The molecule has 1 saturated heterocycles. The maximum absolute atomic E-state index is 12.5. The fraction of sp³-hybridized carbons (Fsp3) is 0.292. The molecule has 1 aliphatic heterocycles. The Morgan fingerprint density at radius 2 is 1.81 bits per heavy atom. The first-order valence-electron chi connectivity index (χ1n) is 10.2. The Bertz CT molecular complexity index is 977. The minimum Gasteiger partial charge on any atom is -0.496 e. The number of carbonyl (C=O) groups is 3. The van der Waals surface area contributed by atoms with Crippen LogP contribution in [-0.2, 0) is 9.59 Å². The summed E-state index contributed by atoms with van der Waals surface area (Å²) in [6.07, 6.45) is 4.65. The summed E-state index contributed by atoms with van der Waals surface area (Å²) in [5.74, 6) is 0.321. The average Bonchev–Trinajstić information content (AvgIpc) is 2.78. The second kappa shape index (κ2) is 10.4. The molecule has 0 spiro atoms. The number of rotatable bonds is 6. The Hall–Kier alpha value is -3.61. The van der Waals surface area contributed by atoms with E-state index < -0.39 is 5.97 Å². The molecule has 0 unspecified atom stereocenters. The van der Waals surface area contributed by atoms with Crippen LogP contribution in [0.5, 0.6) is 11.5 Å². The molecule has 0 atom stereocenters. The maximum Gasteiger partial charge on any atom is 0.308 e. The Balaban J connectivity index is 1.51. The number of carbonyl (C=O) groups excluding carboxylic acids is 3. The first-order chi connectivity index (χ1) is 15.0. The summed E-state index contributed by atoms with van der Waals surface area (Å²) < 4.78 is 10.3. The van der Waals surface area contributed by atoms with Gasteiger partial charge in [-0.2, -0.15) is 0 Å². The molecule has 7 nitrogen and oxygen atoms in total. The number of methoxy groups -OCH3 is 1. The Morgan fingerprint density at radius 1 is 1.06 bits per heavy atom. The minimum atomic E-state index is -0.436. The van der Waals surface area contributed by atoms with Gasteiger partial charge in [-0.25, -0.2) is 0 Å². The standard InChI is InChI=1S/C24H26N2O5/c1-17(27)31-21-8-5-7-19(16-21)24(29)25-20-12-14-26(15-13-20)23(28)11-10-18-6-3-4-9-22(18)30-2/h3-11,16,20H,12-15H2,1-2H3,(H,25,29)/b11-10+. The van der Waals surface area contributed by atoms with Crippen molar-refractivity contribution in [3.8, 4) is 11.5 Å². The van der Waals surface area contributed by atoms with Crippen molar-refractivity contribution in [1.29, 1.82) is 0 Å². The smallest absolute Gasteiger partial charge is 0.308 e. The lowest BCUT2D eigenvalue weighted by molar-refractivity contribution is -0.132. The molecule has 3 rings (SSSR count). The number of nitrogens with zero attached hydrogens (tertiary/aromatic N) is 1. The topological polar surface area (TPSA) is 84.9 Å². The van der Waals surface area contributed by atoms with Gasteiger partial charge in [0.1, 0.15) is 11.5 Å². The highest BCUT2D eigenvalue weighted by molar-refractivity contribution is 5.95. The Kier molecular flexibility index (Phi) is 7.43. The van der Waals surface area contributed by atoms with Crippen molar-refractivity contribution >= 4 is 23.9 Å². The number of esters is 1. The molecule has 0 aliphatic carbocycles. The van der Waals surface area contributed by atoms with Gasteiger partial charge in [0.15, 0.2) is 0 Å². The number of likely N-dealkylation sites (tertiary alicyclic amines) is 1. The molecule has 0 saturated carbocycles. The summed E-state index contributed by atoms with van der Waals surface area (Å²) in [6, 6.07) is 14.0. The van der Waals surface area contributed by atoms with Crippen LogP contribution < -0.4 is 14.8 Å². The van der Waals surface area contributed by atoms with Gasteiger partial charge in [-0.1, -0.05) is 24.3 Å². The Morgan fingerprint density at radius 3 is 2.52 bits per heavy atom. The van der Waals surface area contributed by atoms with Crippen LogP contribution in [0.3, 0.4) is 0 Å². The lowest BCUT2D eigenvalue weighted by atomic mass is 10.0. The van der Waals surface area contributed by atoms with Gasteiger partial charge in [-0.3, -0.25) is 14.4 Å². The molecule has 2 aromatic carbocycles. The normalized spacial score (nSPS) is 14.3. The van der Waals surface area contributed by atoms with Crippen LogP contribution in [0.4, 0.5) is 0 Å². The quantitative estimate of drug-likeness (QED) is 0.439. The molecule has 1 heterocycles. The zero-order chi connectivity index (χ0) is 22.2. The van der Waals surface area contributed by atoms with Crippen molar-refractivity contribution in [3.05, 3.63) is 65.7 Å². The lowest BCUT2D eigenvalue weighted by Gasteiger charge is -2.31. The van der Waals surface area contributed by atoms with E-state index in [2.05, 4.69) is 5.32 Å². The molecule has 1 fully saturated rings. The first-order valence-corrected chi connectivity index (χ1v) is 10.2. The Labute approximate surface area is 181 Å². The van der Waals surface area contributed by atoms with Crippen LogP contribution in [0.25, 0.3) is 6.08 Å². The van der Waals surface area contributed by atoms with Crippen LogP contribution in [0.2, 0.25) is 0 Å². The highest BCUT2D eigenvalue weighted by Gasteiger charge is 2.23. The third-order valence-corrected chi connectivity index (χ3v) is 5.04. The highest BCUT2D eigenvalue weighted by atomic mass is 16.5. The van der Waals surface area contributed by atoms with E-state index in [-0.39, 0.29) is 17.9 Å². The molecule has 31 heavy (non-hydrogen) atoms. The van der Waals surface area contributed by atoms with Crippen molar-refractivity contribution in [1.82, 2.24) is 10.2 Å². The SMILES string of the molecule is COc1ccccc1/C=C/C(=O)N1CCC(NC(=O)c2cccc(OC(C)=O)c2)CC1. The van der Waals surface area contributed by atoms with E-state index in [1.165, 1.54) is 13.0 Å². The van der Waals surface area contributed by atoms with Crippen molar-refractivity contribution in [2.75, 3.05) is 20.2 Å². The summed E-state index contributed by atoms with van der Waals surface area (Å²) in [5, 5.41) is 3.00. The predicted octanol–water partition coefficient (Wildman–Crippen LogP) is 3.05. The van der Waals surface area contributed by atoms with Crippen LogP contribution >= 0.6 is 0 Å². The molecular formula is C24H26N2O5. The van der Waals surface area contributed by atoms with E-state index in [9.17, 15) is 14.4 Å². The largest absolute Gasteiger partial charge is 0.496 e. The predicted molar refractivity (Wildman–Crippen MR) is 117 cm³/mol. The first kappa shape index (κ1) is 22.1. The van der Waals surface area contributed by atoms with Gasteiger partial charge in [0.2, 0.25) is 5.91 Å². The molecule has 1 N–H and O–H groups in total. The summed E-state index contributed by atoms with van der Waals surface area (Å²) in [6.45, 7) is 2.44. The molecular weight excluding hydrogens is 396 g/mol. The molecule has 2 amide bonds. The number of hydrogen-bond donors (Lipinski definition) is 1. The maximum atomic E-state index is 12.5. The van der Waals surface area contributed by atoms with Crippen LogP contribution in [0.1, 0.15) is 35.7 Å². The van der Waals surface area contributed by atoms with Crippen LogP contribution in [0, 0.1) is 0 Å². The van der Waals surface area contributed by atoms with Gasteiger partial charge < -0.3 is 19.7 Å². The molecule has 7 heteroatoms. The van der Waals surface area contributed by atoms with E-state index in [0.29, 0.717) is 43.0 Å². The van der Waals surface area contributed by atoms with Gasteiger partial charge in [-0.05, 0) is 43.2 Å². The number of para-hydroxylation sites is 1. The third kappa shape index (κ3) is 6.18. The number of hydrogen-bond acceptors (Lipinski definition) is 5. The molecule has 0 aromatic heterocycles. The van der Waals surface area contributed by atoms with Gasteiger partial charge in [-0.15, -0.1) is 0 Å². The van der Waals surface area contributed by atoms with Gasteiger partial charge in [0, 0.05) is 43.3 Å². The van der Waals surface area contributed by atoms with Gasteiger partial charge in [0.05, 0.1) is 7.11 Å². The summed E-state index contributed by atoms with van der Waals surface area (Å²) >= 11 is 0. The fourth-order valence-corrected chi connectivity index (χ4v) is 3.45. The van der Waals surface area contributed by atoms with Crippen molar-refractivity contribution in [2.24, 2.45) is 0 Å². The van der Waals surface area contributed by atoms with Crippen LogP contribution in [0.15, 0.2) is 54.6 Å². The van der Waals surface area contributed by atoms with Crippen molar-refractivity contribution in [3.63, 3.8) is 0 Å². The summed E-state index contributed by atoms with van der Waals surface area (Å²) in [7, 11) is 1.60. The summed E-state index contributed by atoms with van der Waals surface area (Å²) in [5.41, 5.74) is 1.27. The lowest BCUT2D eigenvalue weighted by Crippen LogP contribution is -2.46. The highest BCUT2D eigenvalue weighted by Crippen LogP contribution is 2.19. The van der Waals surface area contributed by atoms with E-state index in [1.54, 1.807) is 42.4 Å². The van der Waals surface area contributed by atoms with Crippen LogP contribution in [-0.4, -0.2) is 48.9 Å². The second-order valence-corrected chi connectivity index (χ2v) is 7.27. The van der Waals surface area contributed by atoms with Gasteiger partial charge in [0.25, 0.3) is 5.91 Å². The fourth-order valence-electron chi connectivity index (χ4n) is 3.45. The van der Waals surface area contributed by atoms with Crippen molar-refractivity contribution in [2.45, 2.75) is 25.8 Å². The number of nitrogens with one attached hydrogen (secondary N) is 1. The number of benzene rings is 2. The number of ether oxygens (including phenoxy) is 2. The molecule has 2 aromatic rings. The molecule has 0 bridgehead atoms. The van der Waals surface area contributed by atoms with E-state index in [1.807, 2.05) is 24.3 Å². The zero-order valence-corrected chi connectivity index (χ0v) is 17.7. The monoisotopic (exact) mass is 422 g/mol.